The van der Waals surface area contributed by atoms with Gasteiger partial charge in [-0.3, -0.25) is 4.98 Å². The Labute approximate surface area is 116 Å². The summed E-state index contributed by atoms with van der Waals surface area (Å²) in [5, 5.41) is 4.39. The highest BCUT2D eigenvalue weighted by Gasteiger charge is 2.15. The van der Waals surface area contributed by atoms with Gasteiger partial charge >= 0.3 is 0 Å². The van der Waals surface area contributed by atoms with Crippen molar-refractivity contribution in [1.29, 1.82) is 0 Å². The molecule has 2 rings (SSSR count). The van der Waals surface area contributed by atoms with Crippen molar-refractivity contribution in [3.05, 3.63) is 57.8 Å². The lowest BCUT2D eigenvalue weighted by Crippen LogP contribution is -2.19. The number of nitrogen functional groups attached to an aromatic ring is 1. The van der Waals surface area contributed by atoms with Crippen molar-refractivity contribution in [1.82, 2.24) is 10.3 Å². The largest absolute Gasteiger partial charge is 0.398 e. The van der Waals surface area contributed by atoms with Crippen molar-refractivity contribution in [2.75, 3.05) is 12.8 Å². The minimum absolute atomic E-state index is 0.0881. The fourth-order valence-corrected chi connectivity index (χ4v) is 2.45. The third-order valence-electron chi connectivity index (χ3n) is 2.71. The summed E-state index contributed by atoms with van der Waals surface area (Å²) in [6.07, 6.45) is 3.40. The number of nitrogens with two attached hydrogens (primary N) is 1. The number of hydrogen-bond donors (Lipinski definition) is 2. The Hall–Kier alpha value is -1.29. The Balaban J connectivity index is 2.48. The van der Waals surface area contributed by atoms with Gasteiger partial charge in [0.05, 0.1) is 6.04 Å². The van der Waals surface area contributed by atoms with E-state index in [4.69, 9.17) is 28.9 Å². The van der Waals surface area contributed by atoms with E-state index in [1.54, 1.807) is 24.5 Å². The second-order valence-corrected chi connectivity index (χ2v) is 4.80. The zero-order valence-corrected chi connectivity index (χ0v) is 11.3. The van der Waals surface area contributed by atoms with E-state index < -0.39 is 0 Å². The topological polar surface area (TPSA) is 50.9 Å². The van der Waals surface area contributed by atoms with Gasteiger partial charge in [0.2, 0.25) is 0 Å². The molecule has 0 saturated carbocycles. The van der Waals surface area contributed by atoms with Crippen LogP contribution >= 0.6 is 23.2 Å². The van der Waals surface area contributed by atoms with E-state index >= 15 is 0 Å². The number of aromatic nitrogens is 1. The molecule has 0 aliphatic carbocycles. The van der Waals surface area contributed by atoms with Gasteiger partial charge in [-0.1, -0.05) is 23.2 Å². The Kier molecular flexibility index (Phi) is 4.07. The second kappa shape index (κ2) is 5.57. The molecule has 0 aliphatic rings. The molecule has 0 radical (unpaired) electrons. The zero-order valence-electron chi connectivity index (χ0n) is 9.82. The van der Waals surface area contributed by atoms with Crippen LogP contribution in [0.3, 0.4) is 0 Å². The lowest BCUT2D eigenvalue weighted by molar-refractivity contribution is 0.691. The van der Waals surface area contributed by atoms with Gasteiger partial charge in [0, 0.05) is 33.7 Å². The predicted octanol–water partition coefficient (Wildman–Crippen LogP) is 3.28. The number of anilines is 1. The first-order chi connectivity index (χ1) is 8.61. The molecule has 94 valence electrons. The summed E-state index contributed by atoms with van der Waals surface area (Å²) in [7, 11) is 1.85. The number of benzene rings is 1. The van der Waals surface area contributed by atoms with Crippen LogP contribution in [0, 0.1) is 0 Å². The maximum Gasteiger partial charge on any atom is 0.0611 e. The first kappa shape index (κ1) is 13.1. The first-order valence-corrected chi connectivity index (χ1v) is 6.20. The Morgan fingerprint density at radius 3 is 2.44 bits per heavy atom. The lowest BCUT2D eigenvalue weighted by Gasteiger charge is -2.19. The quantitative estimate of drug-likeness (QED) is 0.908. The maximum absolute atomic E-state index is 6.02. The molecular weight excluding hydrogens is 269 g/mol. The number of halogens is 2. The number of hydrogen-bond acceptors (Lipinski definition) is 3. The molecule has 3 nitrogen and oxygen atoms in total. The van der Waals surface area contributed by atoms with Gasteiger partial charge in [-0.2, -0.15) is 0 Å². The molecule has 1 atom stereocenters. The molecule has 0 bridgehead atoms. The van der Waals surface area contributed by atoms with Gasteiger partial charge in [-0.25, -0.2) is 0 Å². The van der Waals surface area contributed by atoms with Gasteiger partial charge in [-0.15, -0.1) is 0 Å². The molecule has 1 heterocycles. The van der Waals surface area contributed by atoms with Crippen LogP contribution in [0.5, 0.6) is 0 Å². The molecule has 18 heavy (non-hydrogen) atoms. The zero-order chi connectivity index (χ0) is 13.1. The van der Waals surface area contributed by atoms with E-state index in [0.717, 1.165) is 11.1 Å². The van der Waals surface area contributed by atoms with E-state index in [9.17, 15) is 0 Å². The molecule has 1 aromatic heterocycles. The third kappa shape index (κ3) is 2.75. The van der Waals surface area contributed by atoms with Crippen LogP contribution in [0.2, 0.25) is 10.0 Å². The van der Waals surface area contributed by atoms with Crippen LogP contribution in [-0.4, -0.2) is 12.0 Å². The predicted molar refractivity (Wildman–Crippen MR) is 76.0 cm³/mol. The van der Waals surface area contributed by atoms with Crippen molar-refractivity contribution in [2.45, 2.75) is 6.04 Å². The van der Waals surface area contributed by atoms with Crippen LogP contribution in [0.4, 0.5) is 5.69 Å². The fourth-order valence-electron chi connectivity index (χ4n) is 1.90. The highest BCUT2D eigenvalue weighted by molar-refractivity contribution is 6.34. The fraction of sp³-hybridized carbons (Fsp3) is 0.154. The third-order valence-corrected chi connectivity index (χ3v) is 3.14. The van der Waals surface area contributed by atoms with E-state index in [1.807, 2.05) is 19.2 Å². The molecule has 3 N–H and O–H groups in total. The molecule has 1 aromatic carbocycles. The van der Waals surface area contributed by atoms with Crippen LogP contribution in [-0.2, 0) is 0 Å². The molecule has 0 saturated heterocycles. The van der Waals surface area contributed by atoms with Crippen molar-refractivity contribution in [2.24, 2.45) is 0 Å². The molecule has 0 spiro atoms. The van der Waals surface area contributed by atoms with Gasteiger partial charge in [0.15, 0.2) is 0 Å². The van der Waals surface area contributed by atoms with Gasteiger partial charge in [0.1, 0.15) is 0 Å². The number of rotatable bonds is 3. The Morgan fingerprint density at radius 2 is 1.89 bits per heavy atom. The summed E-state index contributed by atoms with van der Waals surface area (Å²) in [4.78, 5) is 4.10. The van der Waals surface area contributed by atoms with Crippen molar-refractivity contribution < 1.29 is 0 Å². The van der Waals surface area contributed by atoms with Crippen molar-refractivity contribution in [3.8, 4) is 0 Å². The van der Waals surface area contributed by atoms with E-state index in [-0.39, 0.29) is 6.04 Å². The van der Waals surface area contributed by atoms with Crippen LogP contribution in [0.25, 0.3) is 0 Å². The number of nitrogens with zero attached hydrogens (tertiary/aromatic N) is 1. The summed E-state index contributed by atoms with van der Waals surface area (Å²) >= 11 is 12.0. The Bertz CT molecular complexity index is 537. The van der Waals surface area contributed by atoms with Gasteiger partial charge in [0.25, 0.3) is 0 Å². The van der Waals surface area contributed by atoms with Crippen LogP contribution < -0.4 is 11.1 Å². The van der Waals surface area contributed by atoms with Crippen LogP contribution in [0.1, 0.15) is 17.2 Å². The Morgan fingerprint density at radius 1 is 1.22 bits per heavy atom. The smallest absolute Gasteiger partial charge is 0.0611 e. The molecule has 0 amide bonds. The van der Waals surface area contributed by atoms with Gasteiger partial charge < -0.3 is 11.1 Å². The highest BCUT2D eigenvalue weighted by atomic mass is 35.5. The molecule has 2 aromatic rings. The van der Waals surface area contributed by atoms with E-state index in [2.05, 4.69) is 10.3 Å². The van der Waals surface area contributed by atoms with E-state index in [0.29, 0.717) is 15.7 Å². The van der Waals surface area contributed by atoms with Crippen molar-refractivity contribution in [3.63, 3.8) is 0 Å². The normalized spacial score (nSPS) is 12.4. The van der Waals surface area contributed by atoms with Crippen LogP contribution in [0.15, 0.2) is 36.7 Å². The molecule has 5 heteroatoms. The number of nitrogens with one attached hydrogen (secondary N) is 1. The summed E-state index contributed by atoms with van der Waals surface area (Å²) in [5.41, 5.74) is 8.50. The highest BCUT2D eigenvalue weighted by Crippen LogP contribution is 2.29. The van der Waals surface area contributed by atoms with E-state index in [1.165, 1.54) is 0 Å². The number of pyridine rings is 1. The molecule has 1 unspecified atom stereocenters. The average Bonchev–Trinajstić information content (AvgIpc) is 2.31. The minimum Gasteiger partial charge on any atom is -0.398 e. The molecule has 0 aliphatic heterocycles. The summed E-state index contributed by atoms with van der Waals surface area (Å²) in [6, 6.07) is 7.11. The standard InChI is InChI=1S/C13H13Cl2N3/c1-17-13(11-7-18-3-2-12(11)16)8-4-9(14)6-10(15)5-8/h2-7,13,17H,1H3,(H2,16,18). The molecule has 0 fully saturated rings. The van der Waals surface area contributed by atoms with Gasteiger partial charge in [-0.05, 0) is 36.9 Å². The van der Waals surface area contributed by atoms with Crippen molar-refractivity contribution >= 4 is 28.9 Å². The monoisotopic (exact) mass is 281 g/mol. The first-order valence-electron chi connectivity index (χ1n) is 5.44. The minimum atomic E-state index is -0.0881. The SMILES string of the molecule is CNC(c1cc(Cl)cc(Cl)c1)c1cnccc1N. The maximum atomic E-state index is 6.02. The second-order valence-electron chi connectivity index (χ2n) is 3.93. The molecular formula is C13H13Cl2N3. The summed E-state index contributed by atoms with van der Waals surface area (Å²) in [5.74, 6) is 0. The summed E-state index contributed by atoms with van der Waals surface area (Å²) < 4.78 is 0. The lowest BCUT2D eigenvalue weighted by atomic mass is 9.99. The summed E-state index contributed by atoms with van der Waals surface area (Å²) in [6.45, 7) is 0. The average molecular weight is 282 g/mol.